The molecule has 3 rings (SSSR count). The Balaban J connectivity index is 1.75. The van der Waals surface area contributed by atoms with Crippen LogP contribution in [0.25, 0.3) is 0 Å². The van der Waals surface area contributed by atoms with Crippen LogP contribution in [0.15, 0.2) is 52.1 Å². The van der Waals surface area contributed by atoms with E-state index in [9.17, 15) is 14.7 Å². The summed E-state index contributed by atoms with van der Waals surface area (Å²) >= 11 is 7.18. The third kappa shape index (κ3) is 2.80. The molecule has 5 nitrogen and oxygen atoms in total. The minimum atomic E-state index is -0.723. The zero-order chi connectivity index (χ0) is 15.7. The number of amides is 2. The molecular formula is C15H11ClN2O3S. The van der Waals surface area contributed by atoms with Gasteiger partial charge < -0.3 is 10.4 Å². The van der Waals surface area contributed by atoms with Crippen molar-refractivity contribution in [3.63, 3.8) is 0 Å². The number of hydrogen-bond donors (Lipinski definition) is 2. The maximum absolute atomic E-state index is 12.2. The number of fused-ring (bicyclic) bond motifs is 1. The number of aliphatic hydroxyl groups is 1. The van der Waals surface area contributed by atoms with Crippen molar-refractivity contribution >= 4 is 40.9 Å². The number of hydrogen-bond acceptors (Lipinski definition) is 4. The number of carbonyl (C=O) groups is 2. The summed E-state index contributed by atoms with van der Waals surface area (Å²) in [7, 11) is 0. The number of dihydropyridines is 1. The quantitative estimate of drug-likeness (QED) is 0.832. The third-order valence-electron chi connectivity index (χ3n) is 3.24. The van der Waals surface area contributed by atoms with Gasteiger partial charge in [-0.1, -0.05) is 23.7 Å². The first-order valence-electron chi connectivity index (χ1n) is 6.47. The first-order valence-corrected chi connectivity index (χ1v) is 7.79. The number of benzene rings is 1. The number of nitrogens with one attached hydrogen (secondary N) is 1. The van der Waals surface area contributed by atoms with Gasteiger partial charge in [0.2, 0.25) is 0 Å². The Kier molecular flexibility index (Phi) is 4.04. The lowest BCUT2D eigenvalue weighted by Crippen LogP contribution is -2.34. The Morgan fingerprint density at radius 2 is 2.27 bits per heavy atom. The second-order valence-electron chi connectivity index (χ2n) is 4.73. The number of rotatable bonds is 3. The van der Waals surface area contributed by atoms with Crippen LogP contribution in [-0.2, 0) is 16.1 Å². The largest absolute Gasteiger partial charge is 0.510 e. The molecule has 0 saturated carbocycles. The zero-order valence-electron chi connectivity index (χ0n) is 11.2. The summed E-state index contributed by atoms with van der Waals surface area (Å²) in [6, 6.07) is 7.01. The minimum Gasteiger partial charge on any atom is -0.510 e. The number of thioether (sulfide) groups is 1. The van der Waals surface area contributed by atoms with E-state index >= 15 is 0 Å². The van der Waals surface area contributed by atoms with Crippen LogP contribution < -0.4 is 5.32 Å². The topological polar surface area (TPSA) is 78.8 Å². The van der Waals surface area contributed by atoms with Gasteiger partial charge in [-0.05, 0) is 29.2 Å². The maximum Gasteiger partial charge on any atom is 0.286 e. The monoisotopic (exact) mass is 334 g/mol. The van der Waals surface area contributed by atoms with Crippen LogP contribution in [0.4, 0.5) is 0 Å². The summed E-state index contributed by atoms with van der Waals surface area (Å²) in [5.74, 6) is -1.61. The van der Waals surface area contributed by atoms with Gasteiger partial charge in [-0.25, -0.2) is 4.99 Å². The first-order chi connectivity index (χ1) is 10.6. The van der Waals surface area contributed by atoms with Crippen molar-refractivity contribution in [2.75, 3.05) is 0 Å². The summed E-state index contributed by atoms with van der Waals surface area (Å²) in [4.78, 5) is 27.9. The lowest BCUT2D eigenvalue weighted by atomic mass is 10.0. The van der Waals surface area contributed by atoms with Gasteiger partial charge in [0.15, 0.2) is 0 Å². The summed E-state index contributed by atoms with van der Waals surface area (Å²) in [5.41, 5.74) is 0.969. The molecule has 0 spiro atoms. The Morgan fingerprint density at radius 3 is 3.05 bits per heavy atom. The number of aliphatic imine (C=N–C) groups is 1. The van der Waals surface area contributed by atoms with E-state index in [0.717, 1.165) is 5.56 Å². The van der Waals surface area contributed by atoms with E-state index in [1.165, 1.54) is 11.8 Å². The van der Waals surface area contributed by atoms with Gasteiger partial charge in [-0.2, -0.15) is 0 Å². The van der Waals surface area contributed by atoms with Crippen molar-refractivity contribution in [1.82, 2.24) is 5.32 Å². The molecule has 2 heterocycles. The minimum absolute atomic E-state index is 0.204. The van der Waals surface area contributed by atoms with Crippen LogP contribution in [0.1, 0.15) is 5.56 Å². The van der Waals surface area contributed by atoms with Gasteiger partial charge in [0.05, 0.1) is 5.71 Å². The molecule has 2 aliphatic heterocycles. The summed E-state index contributed by atoms with van der Waals surface area (Å²) in [6.07, 6.45) is 1.66. The third-order valence-corrected chi connectivity index (χ3v) is 4.51. The SMILES string of the molecule is O=C1N=C2C=CSC2C(O)=C1C(=O)NCc1cccc(Cl)c1. The lowest BCUT2D eigenvalue weighted by Gasteiger charge is -2.18. The van der Waals surface area contributed by atoms with E-state index in [0.29, 0.717) is 10.7 Å². The van der Waals surface area contributed by atoms with Crippen molar-refractivity contribution in [3.05, 3.63) is 57.7 Å². The van der Waals surface area contributed by atoms with E-state index < -0.39 is 17.1 Å². The van der Waals surface area contributed by atoms with Crippen LogP contribution in [0.2, 0.25) is 5.02 Å². The van der Waals surface area contributed by atoms with Crippen LogP contribution in [-0.4, -0.2) is 27.9 Å². The number of carbonyl (C=O) groups excluding carboxylic acids is 2. The smallest absolute Gasteiger partial charge is 0.286 e. The lowest BCUT2D eigenvalue weighted by molar-refractivity contribution is -0.122. The molecule has 1 aromatic carbocycles. The Labute approximate surface area is 135 Å². The van der Waals surface area contributed by atoms with Crippen LogP contribution in [0.3, 0.4) is 0 Å². The van der Waals surface area contributed by atoms with Crippen molar-refractivity contribution in [1.29, 1.82) is 0 Å². The van der Waals surface area contributed by atoms with Crippen molar-refractivity contribution in [2.45, 2.75) is 11.8 Å². The summed E-state index contributed by atoms with van der Waals surface area (Å²) in [5, 5.41) is 14.6. The standard InChI is InChI=1S/C15H11ClN2O3S/c16-9-3-1-2-8(6-9)7-17-14(20)11-12(19)13-10(4-5-22-13)18-15(11)21/h1-6,13,19H,7H2,(H,17,20). The van der Waals surface area contributed by atoms with Gasteiger partial charge in [0, 0.05) is 11.6 Å². The van der Waals surface area contributed by atoms with Crippen LogP contribution in [0, 0.1) is 0 Å². The van der Waals surface area contributed by atoms with Gasteiger partial charge in [-0.15, -0.1) is 11.8 Å². The fourth-order valence-corrected chi connectivity index (χ4v) is 3.30. The molecule has 2 amide bonds. The second kappa shape index (κ2) is 5.98. The van der Waals surface area contributed by atoms with E-state index in [2.05, 4.69) is 10.3 Å². The van der Waals surface area contributed by atoms with E-state index in [1.807, 2.05) is 0 Å². The predicted octanol–water partition coefficient (Wildman–Crippen LogP) is 2.38. The molecule has 1 unspecified atom stereocenters. The van der Waals surface area contributed by atoms with Crippen molar-refractivity contribution < 1.29 is 14.7 Å². The van der Waals surface area contributed by atoms with Gasteiger partial charge in [0.1, 0.15) is 16.6 Å². The Hall–Kier alpha value is -2.05. The average molecular weight is 335 g/mol. The average Bonchev–Trinajstić information content (AvgIpc) is 2.93. The molecule has 0 radical (unpaired) electrons. The van der Waals surface area contributed by atoms with Gasteiger partial charge in [-0.3, -0.25) is 9.59 Å². The summed E-state index contributed by atoms with van der Waals surface area (Å²) in [6.45, 7) is 0.204. The van der Waals surface area contributed by atoms with Crippen LogP contribution >= 0.6 is 23.4 Å². The molecular weight excluding hydrogens is 324 g/mol. The highest BCUT2D eigenvalue weighted by Crippen LogP contribution is 2.32. The van der Waals surface area contributed by atoms with E-state index in [1.54, 1.807) is 35.7 Å². The molecule has 0 fully saturated rings. The van der Waals surface area contributed by atoms with Crippen LogP contribution in [0.5, 0.6) is 0 Å². The normalized spacial score (nSPS) is 20.0. The molecule has 22 heavy (non-hydrogen) atoms. The van der Waals surface area contributed by atoms with Gasteiger partial charge >= 0.3 is 0 Å². The van der Waals surface area contributed by atoms with E-state index in [4.69, 9.17) is 11.6 Å². The molecule has 1 atom stereocenters. The number of allylic oxidation sites excluding steroid dienone is 1. The highest BCUT2D eigenvalue weighted by molar-refractivity contribution is 8.04. The molecule has 112 valence electrons. The predicted molar refractivity (Wildman–Crippen MR) is 85.9 cm³/mol. The molecule has 2 N–H and O–H groups in total. The maximum atomic E-state index is 12.2. The molecule has 0 aromatic heterocycles. The highest BCUT2D eigenvalue weighted by atomic mass is 35.5. The fourth-order valence-electron chi connectivity index (χ4n) is 2.19. The molecule has 2 aliphatic rings. The highest BCUT2D eigenvalue weighted by Gasteiger charge is 2.36. The van der Waals surface area contributed by atoms with Crippen molar-refractivity contribution in [3.8, 4) is 0 Å². The van der Waals surface area contributed by atoms with Crippen molar-refractivity contribution in [2.24, 2.45) is 4.99 Å². The Bertz CT molecular complexity index is 755. The number of aliphatic hydroxyl groups excluding tert-OH is 1. The molecule has 7 heteroatoms. The Morgan fingerprint density at radius 1 is 1.45 bits per heavy atom. The number of halogens is 1. The van der Waals surface area contributed by atoms with E-state index in [-0.39, 0.29) is 17.9 Å². The van der Waals surface area contributed by atoms with Gasteiger partial charge in [0.25, 0.3) is 11.8 Å². The summed E-state index contributed by atoms with van der Waals surface area (Å²) < 4.78 is 0. The zero-order valence-corrected chi connectivity index (χ0v) is 12.8. The second-order valence-corrected chi connectivity index (χ2v) is 6.19. The fraction of sp³-hybridized carbons (Fsp3) is 0.133. The number of nitrogens with zero attached hydrogens (tertiary/aromatic N) is 1. The molecule has 1 aromatic rings. The molecule has 0 bridgehead atoms. The molecule has 0 saturated heterocycles. The molecule has 0 aliphatic carbocycles. The first kappa shape index (κ1) is 14.9.